The highest BCUT2D eigenvalue weighted by molar-refractivity contribution is 9.10. The molecule has 0 N–H and O–H groups in total. The highest BCUT2D eigenvalue weighted by Crippen LogP contribution is 2.23. The van der Waals surface area contributed by atoms with E-state index < -0.39 is 0 Å². The zero-order valence-corrected chi connectivity index (χ0v) is 9.86. The molecule has 1 aromatic rings. The van der Waals surface area contributed by atoms with Gasteiger partial charge in [0.15, 0.2) is 0 Å². The van der Waals surface area contributed by atoms with Crippen LogP contribution in [-0.2, 0) is 4.74 Å². The van der Waals surface area contributed by atoms with E-state index in [-0.39, 0.29) is 6.10 Å². The number of methoxy groups -OCH3 is 1. The van der Waals surface area contributed by atoms with Crippen molar-refractivity contribution in [1.82, 2.24) is 9.97 Å². The molecule has 1 saturated heterocycles. The maximum absolute atomic E-state index is 5.52. The molecule has 0 saturated carbocycles. The predicted molar refractivity (Wildman–Crippen MR) is 56.1 cm³/mol. The van der Waals surface area contributed by atoms with Gasteiger partial charge in [-0.05, 0) is 15.9 Å². The third kappa shape index (κ3) is 2.57. The molecule has 0 amide bonds. The summed E-state index contributed by atoms with van der Waals surface area (Å²) in [6, 6.07) is 0.325. The van der Waals surface area contributed by atoms with Gasteiger partial charge in [-0.25, -0.2) is 4.98 Å². The number of halogens is 1. The van der Waals surface area contributed by atoms with E-state index in [0.717, 1.165) is 13.0 Å². The Kier molecular flexibility index (Phi) is 3.37. The summed E-state index contributed by atoms with van der Waals surface area (Å²) in [5.74, 6) is 0.471. The summed E-state index contributed by atoms with van der Waals surface area (Å²) in [6.45, 7) is 1.33. The molecule has 2 heterocycles. The summed E-state index contributed by atoms with van der Waals surface area (Å²) in [6.07, 6.45) is 2.54. The van der Waals surface area contributed by atoms with Crippen molar-refractivity contribution in [2.75, 3.05) is 20.3 Å². The normalized spacial score (nSPS) is 20.3. The Morgan fingerprint density at radius 1 is 1.60 bits per heavy atom. The average molecular weight is 275 g/mol. The van der Waals surface area contributed by atoms with E-state index in [2.05, 4.69) is 25.9 Å². The molecule has 2 rings (SSSR count). The first kappa shape index (κ1) is 10.6. The molecule has 0 aliphatic carbocycles. The molecule has 82 valence electrons. The molecule has 0 spiro atoms. The van der Waals surface area contributed by atoms with Crippen molar-refractivity contribution in [2.45, 2.75) is 12.5 Å². The molecule has 0 aromatic carbocycles. The number of ether oxygens (including phenoxy) is 3. The maximum Gasteiger partial charge on any atom is 0.320 e. The minimum Gasteiger partial charge on any atom is -0.480 e. The van der Waals surface area contributed by atoms with E-state index in [0.29, 0.717) is 23.0 Å². The van der Waals surface area contributed by atoms with Crippen LogP contribution in [0.15, 0.2) is 10.7 Å². The Hall–Kier alpha value is -0.880. The van der Waals surface area contributed by atoms with Crippen LogP contribution in [0.5, 0.6) is 11.9 Å². The Morgan fingerprint density at radius 3 is 3.13 bits per heavy atom. The fraction of sp³-hybridized carbons (Fsp3) is 0.556. The molecule has 6 heteroatoms. The van der Waals surface area contributed by atoms with Crippen molar-refractivity contribution in [3.63, 3.8) is 0 Å². The second-order valence-corrected chi connectivity index (χ2v) is 3.97. The Morgan fingerprint density at radius 2 is 2.47 bits per heavy atom. The van der Waals surface area contributed by atoms with Crippen LogP contribution in [0.3, 0.4) is 0 Å². The summed E-state index contributed by atoms with van der Waals surface area (Å²) in [7, 11) is 1.55. The van der Waals surface area contributed by atoms with Crippen LogP contribution < -0.4 is 9.47 Å². The zero-order chi connectivity index (χ0) is 10.7. The zero-order valence-electron chi connectivity index (χ0n) is 8.27. The van der Waals surface area contributed by atoms with E-state index in [1.54, 1.807) is 13.3 Å². The van der Waals surface area contributed by atoms with E-state index in [9.17, 15) is 0 Å². The monoisotopic (exact) mass is 274 g/mol. The first-order chi connectivity index (χ1) is 7.29. The van der Waals surface area contributed by atoms with Crippen molar-refractivity contribution in [2.24, 2.45) is 0 Å². The van der Waals surface area contributed by atoms with Crippen molar-refractivity contribution in [3.8, 4) is 11.9 Å². The molecule has 1 aliphatic heterocycles. The number of hydrogen-bond donors (Lipinski definition) is 0. The summed E-state index contributed by atoms with van der Waals surface area (Å²) in [5.41, 5.74) is 0. The van der Waals surface area contributed by atoms with Gasteiger partial charge in [0.25, 0.3) is 0 Å². The SMILES string of the molecule is COc1nc(OC2CCOC2)ncc1Br. The molecule has 1 aromatic heterocycles. The highest BCUT2D eigenvalue weighted by Gasteiger charge is 2.19. The molecule has 15 heavy (non-hydrogen) atoms. The van der Waals surface area contributed by atoms with Crippen LogP contribution in [0.2, 0.25) is 0 Å². The van der Waals surface area contributed by atoms with Crippen molar-refractivity contribution >= 4 is 15.9 Å². The fourth-order valence-electron chi connectivity index (χ4n) is 1.29. The second-order valence-electron chi connectivity index (χ2n) is 3.11. The lowest BCUT2D eigenvalue weighted by atomic mass is 10.3. The molecule has 1 atom stereocenters. The Balaban J connectivity index is 2.07. The molecule has 0 bridgehead atoms. The lowest BCUT2D eigenvalue weighted by Gasteiger charge is -2.10. The molecule has 1 aliphatic rings. The summed E-state index contributed by atoms with van der Waals surface area (Å²) < 4.78 is 16.5. The standard InChI is InChI=1S/C9H11BrN2O3/c1-13-8-7(10)4-11-9(12-8)15-6-2-3-14-5-6/h4,6H,2-3,5H2,1H3. The molecular formula is C9H11BrN2O3. The van der Waals surface area contributed by atoms with Gasteiger partial charge in [-0.3, -0.25) is 0 Å². The maximum atomic E-state index is 5.52. The first-order valence-electron chi connectivity index (χ1n) is 4.60. The number of nitrogens with zero attached hydrogens (tertiary/aromatic N) is 2. The van der Waals surface area contributed by atoms with E-state index >= 15 is 0 Å². The van der Waals surface area contributed by atoms with Gasteiger partial charge >= 0.3 is 6.01 Å². The topological polar surface area (TPSA) is 53.5 Å². The molecule has 5 nitrogen and oxygen atoms in total. The van der Waals surface area contributed by atoms with Gasteiger partial charge in [0, 0.05) is 6.42 Å². The van der Waals surface area contributed by atoms with E-state index in [1.807, 2.05) is 0 Å². The first-order valence-corrected chi connectivity index (χ1v) is 5.40. The third-order valence-corrected chi connectivity index (χ3v) is 2.59. The summed E-state index contributed by atoms with van der Waals surface area (Å²) in [5, 5.41) is 0. The van der Waals surface area contributed by atoms with Crippen LogP contribution in [-0.4, -0.2) is 36.4 Å². The highest BCUT2D eigenvalue weighted by atomic mass is 79.9. The largest absolute Gasteiger partial charge is 0.480 e. The Labute approximate surface area is 95.9 Å². The summed E-state index contributed by atoms with van der Waals surface area (Å²) >= 11 is 3.27. The van der Waals surface area contributed by atoms with Gasteiger partial charge in [-0.15, -0.1) is 0 Å². The summed E-state index contributed by atoms with van der Waals surface area (Å²) in [4.78, 5) is 8.13. The second kappa shape index (κ2) is 4.76. The van der Waals surface area contributed by atoms with Crippen LogP contribution in [0.25, 0.3) is 0 Å². The number of rotatable bonds is 3. The van der Waals surface area contributed by atoms with Crippen LogP contribution >= 0.6 is 15.9 Å². The van der Waals surface area contributed by atoms with Crippen molar-refractivity contribution < 1.29 is 14.2 Å². The van der Waals surface area contributed by atoms with Gasteiger partial charge in [-0.2, -0.15) is 4.98 Å². The molecule has 0 radical (unpaired) electrons. The lowest BCUT2D eigenvalue weighted by Crippen LogP contribution is -2.17. The van der Waals surface area contributed by atoms with Crippen molar-refractivity contribution in [3.05, 3.63) is 10.7 Å². The van der Waals surface area contributed by atoms with Gasteiger partial charge in [-0.1, -0.05) is 0 Å². The number of aromatic nitrogens is 2. The lowest BCUT2D eigenvalue weighted by molar-refractivity contribution is 0.133. The quantitative estimate of drug-likeness (QED) is 0.835. The number of hydrogen-bond acceptors (Lipinski definition) is 5. The van der Waals surface area contributed by atoms with Gasteiger partial charge in [0.05, 0.1) is 31.0 Å². The minimum absolute atomic E-state index is 0.0517. The van der Waals surface area contributed by atoms with Gasteiger partial charge < -0.3 is 14.2 Å². The smallest absolute Gasteiger partial charge is 0.320 e. The van der Waals surface area contributed by atoms with Crippen LogP contribution in [0.1, 0.15) is 6.42 Å². The minimum atomic E-state index is 0.0517. The van der Waals surface area contributed by atoms with E-state index in [4.69, 9.17) is 14.2 Å². The molecular weight excluding hydrogens is 264 g/mol. The van der Waals surface area contributed by atoms with Crippen molar-refractivity contribution in [1.29, 1.82) is 0 Å². The molecule has 1 unspecified atom stereocenters. The van der Waals surface area contributed by atoms with E-state index in [1.165, 1.54) is 0 Å². The average Bonchev–Trinajstić information content (AvgIpc) is 2.73. The van der Waals surface area contributed by atoms with Crippen LogP contribution in [0, 0.1) is 0 Å². The van der Waals surface area contributed by atoms with Gasteiger partial charge in [0.1, 0.15) is 6.10 Å². The van der Waals surface area contributed by atoms with Crippen LogP contribution in [0.4, 0.5) is 0 Å². The predicted octanol–water partition coefficient (Wildman–Crippen LogP) is 1.42. The Bertz CT molecular complexity index is 342. The fourth-order valence-corrected chi connectivity index (χ4v) is 1.64. The third-order valence-electron chi connectivity index (χ3n) is 2.04. The van der Waals surface area contributed by atoms with Gasteiger partial charge in [0.2, 0.25) is 5.88 Å². The molecule has 1 fully saturated rings.